The van der Waals surface area contributed by atoms with Gasteiger partial charge in [-0.2, -0.15) is 5.26 Å². The summed E-state index contributed by atoms with van der Waals surface area (Å²) in [4.78, 5) is 38.5. The summed E-state index contributed by atoms with van der Waals surface area (Å²) in [5.74, 6) is -0.603. The van der Waals surface area contributed by atoms with E-state index in [0.29, 0.717) is 6.42 Å². The van der Waals surface area contributed by atoms with E-state index in [1.165, 1.54) is 15.7 Å². The summed E-state index contributed by atoms with van der Waals surface area (Å²) in [6, 6.07) is 1.27. The highest BCUT2D eigenvalue weighted by Gasteiger charge is 2.34. The SMILES string of the molecule is CCN(C(=O)Cn1c(=O)c(C#N)cn(CC)c1=O)C1CCS(=O)(=O)C1. The number of carbonyl (C=O) groups excluding carboxylic acids is 1. The molecule has 0 N–H and O–H groups in total. The smallest absolute Gasteiger partial charge is 0.331 e. The summed E-state index contributed by atoms with van der Waals surface area (Å²) < 4.78 is 25.2. The molecule has 2 rings (SSSR count). The number of rotatable bonds is 5. The molecule has 0 saturated carbocycles. The van der Waals surface area contributed by atoms with Gasteiger partial charge < -0.3 is 4.90 Å². The van der Waals surface area contributed by atoms with E-state index in [0.717, 1.165) is 4.57 Å². The maximum atomic E-state index is 12.6. The van der Waals surface area contributed by atoms with Gasteiger partial charge >= 0.3 is 5.69 Å². The van der Waals surface area contributed by atoms with Crippen LogP contribution in [0.3, 0.4) is 0 Å². The zero-order valence-electron chi connectivity index (χ0n) is 14.1. The number of aromatic nitrogens is 2. The normalized spacial score (nSPS) is 18.7. The Bertz CT molecular complexity index is 938. The maximum absolute atomic E-state index is 12.6. The molecule has 10 heteroatoms. The molecule has 1 aromatic heterocycles. The van der Waals surface area contributed by atoms with E-state index < -0.39 is 39.6 Å². The van der Waals surface area contributed by atoms with Crippen LogP contribution in [0.1, 0.15) is 25.8 Å². The number of sulfone groups is 1. The zero-order valence-corrected chi connectivity index (χ0v) is 15.0. The predicted molar refractivity (Wildman–Crippen MR) is 89.8 cm³/mol. The third-order valence-corrected chi connectivity index (χ3v) is 6.05. The first-order valence-corrected chi connectivity index (χ1v) is 9.80. The van der Waals surface area contributed by atoms with E-state index >= 15 is 0 Å². The van der Waals surface area contributed by atoms with E-state index in [-0.39, 0.29) is 30.2 Å². The summed E-state index contributed by atoms with van der Waals surface area (Å²) in [6.07, 6.45) is 1.51. The van der Waals surface area contributed by atoms with Crippen LogP contribution in [0.4, 0.5) is 0 Å². The van der Waals surface area contributed by atoms with Crippen LogP contribution >= 0.6 is 0 Å². The molecule has 136 valence electrons. The van der Waals surface area contributed by atoms with E-state index in [1.807, 2.05) is 0 Å². The van der Waals surface area contributed by atoms with Crippen LogP contribution in [-0.4, -0.2) is 52.5 Å². The second-order valence-electron chi connectivity index (χ2n) is 5.85. The molecule has 1 aliphatic rings. The van der Waals surface area contributed by atoms with Gasteiger partial charge in [0.05, 0.1) is 11.5 Å². The average Bonchev–Trinajstić information content (AvgIpc) is 2.92. The molecule has 1 atom stereocenters. The quantitative estimate of drug-likeness (QED) is 0.653. The lowest BCUT2D eigenvalue weighted by Gasteiger charge is -2.27. The Hall–Kier alpha value is -2.41. The Kier molecular flexibility index (Phi) is 5.47. The second kappa shape index (κ2) is 7.23. The van der Waals surface area contributed by atoms with Gasteiger partial charge in [0.2, 0.25) is 5.91 Å². The number of nitrogens with zero attached hydrogens (tertiary/aromatic N) is 4. The van der Waals surface area contributed by atoms with Crippen molar-refractivity contribution in [2.24, 2.45) is 0 Å². The third kappa shape index (κ3) is 3.82. The van der Waals surface area contributed by atoms with Gasteiger partial charge in [0, 0.05) is 25.3 Å². The summed E-state index contributed by atoms with van der Waals surface area (Å²) in [5.41, 5.74) is -1.71. The number of hydrogen-bond acceptors (Lipinski definition) is 6. The van der Waals surface area contributed by atoms with Crippen LogP contribution in [0.2, 0.25) is 0 Å². The van der Waals surface area contributed by atoms with Crippen LogP contribution in [0.15, 0.2) is 15.8 Å². The maximum Gasteiger partial charge on any atom is 0.331 e. The molecule has 9 nitrogen and oxygen atoms in total. The van der Waals surface area contributed by atoms with Crippen molar-refractivity contribution in [3.63, 3.8) is 0 Å². The Balaban J connectivity index is 2.35. The molecule has 1 aliphatic heterocycles. The number of hydrogen-bond donors (Lipinski definition) is 0. The highest BCUT2D eigenvalue weighted by molar-refractivity contribution is 7.91. The minimum absolute atomic E-state index is 0.0218. The number of aryl methyl sites for hydroxylation is 1. The number of nitriles is 1. The van der Waals surface area contributed by atoms with Crippen molar-refractivity contribution >= 4 is 15.7 Å². The van der Waals surface area contributed by atoms with Gasteiger partial charge in [-0.15, -0.1) is 0 Å². The van der Waals surface area contributed by atoms with Gasteiger partial charge in [0.15, 0.2) is 9.84 Å². The molecule has 0 aromatic carbocycles. The van der Waals surface area contributed by atoms with Crippen molar-refractivity contribution in [3.05, 3.63) is 32.6 Å². The van der Waals surface area contributed by atoms with Crippen molar-refractivity contribution in [2.75, 3.05) is 18.1 Å². The minimum atomic E-state index is -3.17. The van der Waals surface area contributed by atoms with Gasteiger partial charge in [0.1, 0.15) is 18.2 Å². The van der Waals surface area contributed by atoms with Gasteiger partial charge in [-0.05, 0) is 20.3 Å². The van der Waals surface area contributed by atoms with Crippen LogP contribution in [0.25, 0.3) is 0 Å². The largest absolute Gasteiger partial charge is 0.337 e. The lowest BCUT2D eigenvalue weighted by molar-refractivity contribution is -0.133. The van der Waals surface area contributed by atoms with Crippen LogP contribution in [-0.2, 0) is 27.7 Å². The fourth-order valence-electron chi connectivity index (χ4n) is 2.98. The van der Waals surface area contributed by atoms with Crippen LogP contribution in [0.5, 0.6) is 0 Å². The molecule has 0 bridgehead atoms. The molecular formula is C15H20N4O5S. The fourth-order valence-corrected chi connectivity index (χ4v) is 4.71. The summed E-state index contributed by atoms with van der Waals surface area (Å²) in [7, 11) is -3.17. The zero-order chi connectivity index (χ0) is 18.8. The van der Waals surface area contributed by atoms with Crippen molar-refractivity contribution in [1.82, 2.24) is 14.0 Å². The molecule has 2 heterocycles. The van der Waals surface area contributed by atoms with E-state index in [4.69, 9.17) is 5.26 Å². The second-order valence-corrected chi connectivity index (χ2v) is 8.08. The van der Waals surface area contributed by atoms with Crippen LogP contribution in [0, 0.1) is 11.3 Å². The molecule has 0 radical (unpaired) electrons. The lowest BCUT2D eigenvalue weighted by atomic mass is 10.2. The van der Waals surface area contributed by atoms with Gasteiger partial charge in [-0.1, -0.05) is 0 Å². The van der Waals surface area contributed by atoms with Crippen molar-refractivity contribution < 1.29 is 13.2 Å². The Morgan fingerprint density at radius 3 is 2.56 bits per heavy atom. The van der Waals surface area contributed by atoms with Crippen molar-refractivity contribution in [1.29, 1.82) is 5.26 Å². The molecule has 1 fully saturated rings. The van der Waals surface area contributed by atoms with Crippen LogP contribution < -0.4 is 11.2 Å². The average molecular weight is 368 g/mol. The molecule has 25 heavy (non-hydrogen) atoms. The summed E-state index contributed by atoms with van der Waals surface area (Å²) in [6.45, 7) is 3.40. The highest BCUT2D eigenvalue weighted by Crippen LogP contribution is 2.17. The van der Waals surface area contributed by atoms with Crippen molar-refractivity contribution in [3.8, 4) is 6.07 Å². The molecule has 1 unspecified atom stereocenters. The third-order valence-electron chi connectivity index (χ3n) is 4.30. The molecule has 1 saturated heterocycles. The molecular weight excluding hydrogens is 348 g/mol. The standard InChI is InChI=1S/C15H20N4O5S/c1-3-17-8-11(7-16)14(21)19(15(17)22)9-13(20)18(4-2)12-5-6-25(23,24)10-12/h8,12H,3-6,9-10H2,1-2H3. The Morgan fingerprint density at radius 2 is 2.08 bits per heavy atom. The number of likely N-dealkylation sites (N-methyl/N-ethyl adjacent to an activating group) is 1. The summed E-state index contributed by atoms with van der Waals surface area (Å²) >= 11 is 0. The van der Waals surface area contributed by atoms with Crippen molar-refractivity contribution in [2.45, 2.75) is 39.4 Å². The molecule has 0 spiro atoms. The first-order valence-electron chi connectivity index (χ1n) is 7.98. The number of amides is 1. The summed E-state index contributed by atoms with van der Waals surface area (Å²) in [5, 5.41) is 9.03. The van der Waals surface area contributed by atoms with Gasteiger partial charge in [0.25, 0.3) is 5.56 Å². The predicted octanol–water partition coefficient (Wildman–Crippen LogP) is -1.06. The van der Waals surface area contributed by atoms with Gasteiger partial charge in [-0.3, -0.25) is 14.2 Å². The Morgan fingerprint density at radius 1 is 1.40 bits per heavy atom. The first kappa shape index (κ1) is 18.9. The van der Waals surface area contributed by atoms with E-state index in [2.05, 4.69) is 0 Å². The first-order chi connectivity index (χ1) is 11.7. The molecule has 1 aromatic rings. The molecule has 1 amide bonds. The Labute approximate surface area is 145 Å². The minimum Gasteiger partial charge on any atom is -0.337 e. The fraction of sp³-hybridized carbons (Fsp3) is 0.600. The molecule has 0 aliphatic carbocycles. The topological polar surface area (TPSA) is 122 Å². The highest BCUT2D eigenvalue weighted by atomic mass is 32.2. The monoisotopic (exact) mass is 368 g/mol. The van der Waals surface area contributed by atoms with E-state index in [1.54, 1.807) is 19.9 Å². The van der Waals surface area contributed by atoms with E-state index in [9.17, 15) is 22.8 Å². The number of carbonyl (C=O) groups is 1. The van der Waals surface area contributed by atoms with Gasteiger partial charge in [-0.25, -0.2) is 17.8 Å². The lowest BCUT2D eigenvalue weighted by Crippen LogP contribution is -2.48.